The van der Waals surface area contributed by atoms with Crippen molar-refractivity contribution in [3.63, 3.8) is 0 Å². The first-order valence-electron chi connectivity index (χ1n) is 10.2. The molecule has 1 aromatic heterocycles. The molecule has 5 rings (SSSR count). The molecule has 1 amide bonds. The molecule has 30 heavy (non-hydrogen) atoms. The number of rotatable bonds is 6. The van der Waals surface area contributed by atoms with Gasteiger partial charge in [0.15, 0.2) is 0 Å². The Balaban J connectivity index is 1.40. The van der Waals surface area contributed by atoms with E-state index < -0.39 is 0 Å². The minimum absolute atomic E-state index is 0.152. The number of carbonyl (C=O) groups excluding carboxylic acids is 1. The van der Waals surface area contributed by atoms with E-state index in [0.29, 0.717) is 26.3 Å². The van der Waals surface area contributed by atoms with E-state index in [9.17, 15) is 4.79 Å². The summed E-state index contributed by atoms with van der Waals surface area (Å²) >= 11 is 0. The average Bonchev–Trinajstić information content (AvgIpc) is 3.31. The molecular weight excluding hydrogens is 374 g/mol. The molecule has 4 aromatic rings. The van der Waals surface area contributed by atoms with Gasteiger partial charge in [-0.2, -0.15) is 15.0 Å². The summed E-state index contributed by atoms with van der Waals surface area (Å²) in [6.45, 7) is 1.64. The second-order valence-corrected chi connectivity index (χ2v) is 7.66. The molecule has 0 N–H and O–H groups in total. The number of hydrogen-bond acceptors (Lipinski definition) is 4. The van der Waals surface area contributed by atoms with Crippen LogP contribution in [-0.4, -0.2) is 43.4 Å². The van der Waals surface area contributed by atoms with E-state index in [1.807, 2.05) is 65.6 Å². The molecule has 1 aliphatic heterocycles. The third-order valence-corrected chi connectivity index (χ3v) is 5.51. The van der Waals surface area contributed by atoms with Crippen LogP contribution in [0.5, 0.6) is 0 Å². The summed E-state index contributed by atoms with van der Waals surface area (Å²) in [5.41, 5.74) is 4.02. The van der Waals surface area contributed by atoms with Crippen LogP contribution < -0.4 is 0 Å². The SMILES string of the molecule is O=C1[C@H](Cc2ccccc2)N(Cn2nc3ccccc3n2)CN1Cc1ccccc1. The molecule has 3 aromatic carbocycles. The molecule has 0 aliphatic carbocycles. The summed E-state index contributed by atoms with van der Waals surface area (Å²) in [6, 6.07) is 27.9. The summed E-state index contributed by atoms with van der Waals surface area (Å²) in [5, 5.41) is 9.17. The van der Waals surface area contributed by atoms with Gasteiger partial charge in [-0.3, -0.25) is 9.69 Å². The fourth-order valence-electron chi connectivity index (χ4n) is 4.01. The van der Waals surface area contributed by atoms with E-state index in [1.54, 1.807) is 4.80 Å². The maximum absolute atomic E-state index is 13.3. The van der Waals surface area contributed by atoms with Gasteiger partial charge in [0.25, 0.3) is 0 Å². The van der Waals surface area contributed by atoms with Gasteiger partial charge in [-0.25, -0.2) is 0 Å². The first-order chi connectivity index (χ1) is 14.8. The molecule has 6 heteroatoms. The van der Waals surface area contributed by atoms with Gasteiger partial charge in [0.05, 0.1) is 12.7 Å². The number of nitrogens with zero attached hydrogens (tertiary/aromatic N) is 5. The second kappa shape index (κ2) is 8.08. The van der Waals surface area contributed by atoms with E-state index in [4.69, 9.17) is 0 Å². The second-order valence-electron chi connectivity index (χ2n) is 7.66. The molecule has 0 radical (unpaired) electrons. The van der Waals surface area contributed by atoms with Crippen molar-refractivity contribution in [3.05, 3.63) is 96.1 Å². The van der Waals surface area contributed by atoms with Crippen LogP contribution in [0.3, 0.4) is 0 Å². The van der Waals surface area contributed by atoms with Crippen LogP contribution in [0.1, 0.15) is 11.1 Å². The summed E-state index contributed by atoms with van der Waals surface area (Å²) in [6.07, 6.45) is 0.672. The van der Waals surface area contributed by atoms with Crippen molar-refractivity contribution in [1.29, 1.82) is 0 Å². The number of carbonyl (C=O) groups is 1. The predicted octanol–water partition coefficient (Wildman–Crippen LogP) is 3.30. The Morgan fingerprint density at radius 3 is 1.97 bits per heavy atom. The Morgan fingerprint density at radius 2 is 1.33 bits per heavy atom. The van der Waals surface area contributed by atoms with Crippen molar-refractivity contribution in [1.82, 2.24) is 24.8 Å². The van der Waals surface area contributed by atoms with E-state index in [1.165, 1.54) is 0 Å². The summed E-state index contributed by atoms with van der Waals surface area (Å²) < 4.78 is 0. The number of fused-ring (bicyclic) bond motifs is 1. The van der Waals surface area contributed by atoms with Crippen LogP contribution in [0.2, 0.25) is 0 Å². The fraction of sp³-hybridized carbons (Fsp3) is 0.208. The van der Waals surface area contributed by atoms with E-state index in [2.05, 4.69) is 39.4 Å². The highest BCUT2D eigenvalue weighted by molar-refractivity contribution is 5.84. The minimum Gasteiger partial charge on any atom is -0.324 e. The van der Waals surface area contributed by atoms with Gasteiger partial charge in [0, 0.05) is 6.54 Å². The zero-order valence-corrected chi connectivity index (χ0v) is 16.6. The van der Waals surface area contributed by atoms with Crippen molar-refractivity contribution in [3.8, 4) is 0 Å². The fourth-order valence-corrected chi connectivity index (χ4v) is 4.01. The molecule has 1 saturated heterocycles. The van der Waals surface area contributed by atoms with Gasteiger partial charge in [-0.15, -0.1) is 0 Å². The molecule has 1 aliphatic rings. The largest absolute Gasteiger partial charge is 0.324 e. The lowest BCUT2D eigenvalue weighted by Gasteiger charge is -2.20. The van der Waals surface area contributed by atoms with Crippen LogP contribution >= 0.6 is 0 Å². The molecule has 0 bridgehead atoms. The predicted molar refractivity (Wildman–Crippen MR) is 115 cm³/mol. The minimum atomic E-state index is -0.231. The molecule has 6 nitrogen and oxygen atoms in total. The molecule has 1 fully saturated rings. The molecule has 0 spiro atoms. The first kappa shape index (κ1) is 18.5. The number of amides is 1. The first-order valence-corrected chi connectivity index (χ1v) is 10.2. The Morgan fingerprint density at radius 1 is 0.767 bits per heavy atom. The molecule has 1 atom stereocenters. The molecule has 150 valence electrons. The highest BCUT2D eigenvalue weighted by atomic mass is 16.2. The standard InChI is InChI=1S/C24H23N5O/c30-24-23(15-19-9-3-1-4-10-19)28(17-27(24)16-20-11-5-2-6-12-20)18-29-25-21-13-7-8-14-22(21)26-29/h1-14,23H,15-18H2/t23-/m0/s1. The van der Waals surface area contributed by atoms with Gasteiger partial charge in [0.2, 0.25) is 5.91 Å². The van der Waals surface area contributed by atoms with Crippen LogP contribution in [0, 0.1) is 0 Å². The highest BCUT2D eigenvalue weighted by Crippen LogP contribution is 2.22. The van der Waals surface area contributed by atoms with E-state index in [-0.39, 0.29) is 11.9 Å². The van der Waals surface area contributed by atoms with Crippen molar-refractivity contribution < 1.29 is 4.79 Å². The maximum Gasteiger partial charge on any atom is 0.241 e. The van der Waals surface area contributed by atoms with Crippen molar-refractivity contribution in [2.75, 3.05) is 6.67 Å². The molecule has 0 saturated carbocycles. The summed E-state index contributed by atoms with van der Waals surface area (Å²) in [5.74, 6) is 0.152. The lowest BCUT2D eigenvalue weighted by atomic mass is 10.1. The Hall–Kier alpha value is -3.51. The molecule has 2 heterocycles. The zero-order chi connectivity index (χ0) is 20.3. The van der Waals surface area contributed by atoms with Crippen molar-refractivity contribution in [2.24, 2.45) is 0 Å². The third kappa shape index (κ3) is 3.82. The normalized spacial score (nSPS) is 17.1. The van der Waals surface area contributed by atoms with Crippen LogP contribution in [-0.2, 0) is 24.4 Å². The van der Waals surface area contributed by atoms with Gasteiger partial charge in [-0.05, 0) is 29.7 Å². The van der Waals surface area contributed by atoms with E-state index >= 15 is 0 Å². The number of benzene rings is 3. The van der Waals surface area contributed by atoms with Gasteiger partial charge >= 0.3 is 0 Å². The average molecular weight is 397 g/mol. The Bertz CT molecular complexity index is 1110. The van der Waals surface area contributed by atoms with Crippen LogP contribution in [0.25, 0.3) is 11.0 Å². The quantitative estimate of drug-likeness (QED) is 0.501. The smallest absolute Gasteiger partial charge is 0.241 e. The lowest BCUT2D eigenvalue weighted by Crippen LogP contribution is -2.37. The van der Waals surface area contributed by atoms with Crippen molar-refractivity contribution in [2.45, 2.75) is 25.7 Å². The summed E-state index contributed by atoms with van der Waals surface area (Å²) in [4.78, 5) is 19.1. The van der Waals surface area contributed by atoms with E-state index in [0.717, 1.165) is 22.2 Å². The van der Waals surface area contributed by atoms with Crippen LogP contribution in [0.15, 0.2) is 84.9 Å². The number of aromatic nitrogens is 3. The topological polar surface area (TPSA) is 54.3 Å². The zero-order valence-electron chi connectivity index (χ0n) is 16.6. The summed E-state index contributed by atoms with van der Waals surface area (Å²) in [7, 11) is 0. The Kier molecular flexibility index (Phi) is 4.99. The number of hydrogen-bond donors (Lipinski definition) is 0. The molecular formula is C24H23N5O. The van der Waals surface area contributed by atoms with Gasteiger partial charge in [0.1, 0.15) is 17.7 Å². The maximum atomic E-state index is 13.3. The van der Waals surface area contributed by atoms with Gasteiger partial charge < -0.3 is 4.90 Å². The van der Waals surface area contributed by atoms with Crippen LogP contribution in [0.4, 0.5) is 0 Å². The third-order valence-electron chi connectivity index (χ3n) is 5.51. The monoisotopic (exact) mass is 397 g/mol. The van der Waals surface area contributed by atoms with Gasteiger partial charge in [-0.1, -0.05) is 72.8 Å². The molecule has 0 unspecified atom stereocenters. The lowest BCUT2D eigenvalue weighted by molar-refractivity contribution is -0.129. The van der Waals surface area contributed by atoms with Crippen molar-refractivity contribution >= 4 is 16.9 Å². The highest BCUT2D eigenvalue weighted by Gasteiger charge is 2.38. The Labute approximate surface area is 175 Å².